The minimum absolute atomic E-state index is 0.405. The Hall–Kier alpha value is -2.51. The van der Waals surface area contributed by atoms with Crippen LogP contribution >= 0.6 is 0 Å². The number of nitrogens with zero attached hydrogens (tertiary/aromatic N) is 2. The predicted molar refractivity (Wildman–Crippen MR) is 123 cm³/mol. The zero-order chi connectivity index (χ0) is 21.9. The van der Waals surface area contributed by atoms with E-state index in [2.05, 4.69) is 4.90 Å². The maximum atomic E-state index is 14.1. The molecule has 6 heteroatoms. The van der Waals surface area contributed by atoms with Crippen molar-refractivity contribution >= 4 is 10.0 Å². The zero-order valence-electron chi connectivity index (χ0n) is 17.6. The lowest BCUT2D eigenvalue weighted by Crippen LogP contribution is -2.51. The van der Waals surface area contributed by atoms with E-state index in [0.29, 0.717) is 42.9 Å². The highest BCUT2D eigenvalue weighted by Gasteiger charge is 2.50. The van der Waals surface area contributed by atoms with Crippen LogP contribution in [0.15, 0.2) is 91.0 Å². The molecule has 1 atom stereocenters. The van der Waals surface area contributed by atoms with Crippen LogP contribution in [0.3, 0.4) is 0 Å². The van der Waals surface area contributed by atoms with Gasteiger partial charge in [-0.2, -0.15) is 4.31 Å². The Morgan fingerprint density at radius 2 is 1.16 bits per heavy atom. The second-order valence-electron chi connectivity index (χ2n) is 8.04. The van der Waals surface area contributed by atoms with Crippen LogP contribution in [0.2, 0.25) is 0 Å². The van der Waals surface area contributed by atoms with Gasteiger partial charge in [0.15, 0.2) is 0 Å². The Kier molecular flexibility index (Phi) is 6.25. The molecule has 4 rings (SSSR count). The molecule has 0 amide bonds. The summed E-state index contributed by atoms with van der Waals surface area (Å²) >= 11 is 0. The molecule has 1 aliphatic rings. The van der Waals surface area contributed by atoms with Crippen molar-refractivity contribution in [2.75, 3.05) is 33.2 Å². The molecule has 1 saturated heterocycles. The van der Waals surface area contributed by atoms with E-state index in [1.807, 2.05) is 61.6 Å². The summed E-state index contributed by atoms with van der Waals surface area (Å²) in [7, 11) is -1.91. The Bertz CT molecular complexity index is 1040. The van der Waals surface area contributed by atoms with Gasteiger partial charge in [0.05, 0.1) is 0 Å². The second-order valence-corrected chi connectivity index (χ2v) is 10.1. The van der Waals surface area contributed by atoms with Crippen molar-refractivity contribution in [2.45, 2.75) is 10.9 Å². The minimum Gasteiger partial charge on any atom is -0.379 e. The van der Waals surface area contributed by atoms with Crippen molar-refractivity contribution in [3.8, 4) is 0 Å². The molecule has 1 aliphatic heterocycles. The molecule has 1 heterocycles. The van der Waals surface area contributed by atoms with E-state index < -0.39 is 20.9 Å². The molecular weight excluding hydrogens is 408 g/mol. The van der Waals surface area contributed by atoms with Crippen LogP contribution in [-0.2, 0) is 15.6 Å². The van der Waals surface area contributed by atoms with Gasteiger partial charge in [0.2, 0.25) is 10.0 Å². The van der Waals surface area contributed by atoms with Crippen molar-refractivity contribution in [1.82, 2.24) is 9.21 Å². The topological polar surface area (TPSA) is 60.9 Å². The molecule has 0 aromatic heterocycles. The first-order valence-corrected chi connectivity index (χ1v) is 12.0. The van der Waals surface area contributed by atoms with Gasteiger partial charge in [0.1, 0.15) is 10.9 Å². The average Bonchev–Trinajstić information content (AvgIpc) is 2.81. The van der Waals surface area contributed by atoms with E-state index in [-0.39, 0.29) is 0 Å². The fraction of sp³-hybridized carbons (Fsp3) is 0.280. The smallest absolute Gasteiger partial charge is 0.224 e. The average molecular weight is 437 g/mol. The quantitative estimate of drug-likeness (QED) is 0.645. The Morgan fingerprint density at radius 1 is 0.742 bits per heavy atom. The maximum Gasteiger partial charge on any atom is 0.224 e. The number of hydrogen-bond acceptors (Lipinski definition) is 4. The van der Waals surface area contributed by atoms with Crippen LogP contribution in [0.5, 0.6) is 0 Å². The van der Waals surface area contributed by atoms with Gasteiger partial charge in [-0.1, -0.05) is 91.0 Å². The summed E-state index contributed by atoms with van der Waals surface area (Å²) in [5, 5.41) is 11.2. The SMILES string of the molecule is CN1CCN(S(=O)(=O)[C@@H](c2ccccc2)C(O)(c2ccccc2)c2ccccc2)CC1. The first-order chi connectivity index (χ1) is 14.9. The molecule has 0 spiro atoms. The van der Waals surface area contributed by atoms with E-state index in [1.165, 1.54) is 4.31 Å². The van der Waals surface area contributed by atoms with Crippen molar-refractivity contribution in [2.24, 2.45) is 0 Å². The number of aliphatic hydroxyl groups is 1. The highest BCUT2D eigenvalue weighted by molar-refractivity contribution is 7.89. The number of hydrogen-bond donors (Lipinski definition) is 1. The first kappa shape index (κ1) is 21.7. The molecule has 1 fully saturated rings. The van der Waals surface area contributed by atoms with Crippen molar-refractivity contribution in [1.29, 1.82) is 0 Å². The highest BCUT2D eigenvalue weighted by Crippen LogP contribution is 2.46. The van der Waals surface area contributed by atoms with Crippen LogP contribution in [0.25, 0.3) is 0 Å². The van der Waals surface area contributed by atoms with Crippen LogP contribution < -0.4 is 0 Å². The third-order valence-electron chi connectivity index (χ3n) is 6.03. The maximum absolute atomic E-state index is 14.1. The molecule has 162 valence electrons. The lowest BCUT2D eigenvalue weighted by molar-refractivity contribution is 0.0716. The van der Waals surface area contributed by atoms with E-state index >= 15 is 0 Å². The minimum atomic E-state index is -3.90. The third kappa shape index (κ3) is 4.16. The van der Waals surface area contributed by atoms with Gasteiger partial charge in [-0.05, 0) is 23.7 Å². The molecule has 5 nitrogen and oxygen atoms in total. The van der Waals surface area contributed by atoms with E-state index in [4.69, 9.17) is 0 Å². The summed E-state index contributed by atoms with van der Waals surface area (Å²) in [4.78, 5) is 2.12. The molecule has 3 aromatic carbocycles. The third-order valence-corrected chi connectivity index (χ3v) is 8.32. The molecule has 1 N–H and O–H groups in total. The standard InChI is InChI=1S/C25H28N2O3S/c1-26-17-19-27(20-18-26)31(29,30)24(21-11-5-2-6-12-21)25(28,22-13-7-3-8-14-22)23-15-9-4-10-16-23/h2-16,24,28H,17-20H2,1H3/t24-/m0/s1. The largest absolute Gasteiger partial charge is 0.379 e. The van der Waals surface area contributed by atoms with Gasteiger partial charge in [-0.25, -0.2) is 8.42 Å². The monoisotopic (exact) mass is 436 g/mol. The number of rotatable bonds is 6. The Labute approximate surface area is 184 Å². The van der Waals surface area contributed by atoms with Crippen molar-refractivity contribution < 1.29 is 13.5 Å². The predicted octanol–water partition coefficient (Wildman–Crippen LogP) is 3.24. The molecule has 31 heavy (non-hydrogen) atoms. The molecular formula is C25H28N2O3S. The summed E-state index contributed by atoms with van der Waals surface area (Å²) < 4.78 is 29.8. The number of likely N-dealkylation sites (N-methyl/N-ethyl adjacent to an activating group) is 1. The summed E-state index contributed by atoms with van der Waals surface area (Å²) in [6.45, 7) is 2.13. The summed E-state index contributed by atoms with van der Waals surface area (Å²) in [5.74, 6) is 0. The summed E-state index contributed by atoms with van der Waals surface area (Å²) in [6, 6.07) is 27.3. The van der Waals surface area contributed by atoms with E-state index in [1.54, 1.807) is 36.4 Å². The van der Waals surface area contributed by atoms with Gasteiger partial charge < -0.3 is 10.0 Å². The van der Waals surface area contributed by atoms with Crippen LogP contribution in [0.4, 0.5) is 0 Å². The van der Waals surface area contributed by atoms with Gasteiger partial charge >= 0.3 is 0 Å². The normalized spacial score (nSPS) is 17.4. The molecule has 0 bridgehead atoms. The Balaban J connectivity index is 1.94. The van der Waals surface area contributed by atoms with E-state index in [0.717, 1.165) is 0 Å². The van der Waals surface area contributed by atoms with Crippen molar-refractivity contribution in [3.05, 3.63) is 108 Å². The van der Waals surface area contributed by atoms with Crippen LogP contribution in [0.1, 0.15) is 21.9 Å². The van der Waals surface area contributed by atoms with Gasteiger partial charge in [0, 0.05) is 26.2 Å². The molecule has 3 aromatic rings. The number of sulfonamides is 1. The lowest BCUT2D eigenvalue weighted by atomic mass is 9.81. The van der Waals surface area contributed by atoms with Crippen LogP contribution in [0, 0.1) is 0 Å². The van der Waals surface area contributed by atoms with Crippen LogP contribution in [-0.4, -0.2) is 56.0 Å². The fourth-order valence-electron chi connectivity index (χ4n) is 4.30. The Morgan fingerprint density at radius 3 is 1.61 bits per heavy atom. The fourth-order valence-corrected chi connectivity index (χ4v) is 6.48. The van der Waals surface area contributed by atoms with Gasteiger partial charge in [0.25, 0.3) is 0 Å². The van der Waals surface area contributed by atoms with Gasteiger partial charge in [-0.3, -0.25) is 0 Å². The summed E-state index contributed by atoms with van der Waals surface area (Å²) in [6.07, 6.45) is 0. The number of benzene rings is 3. The summed E-state index contributed by atoms with van der Waals surface area (Å²) in [5.41, 5.74) is -0.0939. The molecule has 0 saturated carbocycles. The molecule has 0 aliphatic carbocycles. The molecule has 0 unspecified atom stereocenters. The molecule has 0 radical (unpaired) electrons. The first-order valence-electron chi connectivity index (χ1n) is 10.5. The lowest BCUT2D eigenvalue weighted by Gasteiger charge is -2.41. The second kappa shape index (κ2) is 8.93. The highest BCUT2D eigenvalue weighted by atomic mass is 32.2. The van der Waals surface area contributed by atoms with Crippen molar-refractivity contribution in [3.63, 3.8) is 0 Å². The zero-order valence-corrected chi connectivity index (χ0v) is 18.4. The van der Waals surface area contributed by atoms with Gasteiger partial charge in [-0.15, -0.1) is 0 Å². The number of piperazine rings is 1. The van der Waals surface area contributed by atoms with E-state index in [9.17, 15) is 13.5 Å².